The minimum Gasteiger partial charge on any atom is -0.496 e. The van der Waals surface area contributed by atoms with Crippen molar-refractivity contribution in [1.29, 1.82) is 0 Å². The summed E-state index contributed by atoms with van der Waals surface area (Å²) in [5, 5.41) is 9.10. The SMILES string of the molecule is COc1cc(/C=C(\CCCCl)C(=O)O)ccc1C. The van der Waals surface area contributed by atoms with E-state index in [4.69, 9.17) is 21.4 Å². The molecule has 1 rings (SSSR count). The Labute approximate surface area is 112 Å². The van der Waals surface area contributed by atoms with Crippen LogP contribution in [0.1, 0.15) is 24.0 Å². The number of hydrogen-bond acceptors (Lipinski definition) is 2. The van der Waals surface area contributed by atoms with Crippen LogP contribution in [0.25, 0.3) is 6.08 Å². The van der Waals surface area contributed by atoms with Gasteiger partial charge in [-0.05, 0) is 43.0 Å². The Bertz CT molecular complexity index is 452. The Balaban J connectivity index is 3.00. The summed E-state index contributed by atoms with van der Waals surface area (Å²) < 4.78 is 5.21. The third-order valence-corrected chi connectivity index (χ3v) is 2.89. The lowest BCUT2D eigenvalue weighted by Gasteiger charge is -2.06. The van der Waals surface area contributed by atoms with E-state index in [9.17, 15) is 4.79 Å². The first-order valence-corrected chi connectivity index (χ1v) is 6.26. The number of ether oxygens (including phenoxy) is 1. The number of methoxy groups -OCH3 is 1. The molecule has 18 heavy (non-hydrogen) atoms. The van der Waals surface area contributed by atoms with Crippen LogP contribution in [0.2, 0.25) is 0 Å². The number of hydrogen-bond donors (Lipinski definition) is 1. The van der Waals surface area contributed by atoms with Gasteiger partial charge in [0.1, 0.15) is 5.75 Å². The monoisotopic (exact) mass is 268 g/mol. The molecule has 0 amide bonds. The van der Waals surface area contributed by atoms with Crippen LogP contribution in [0.3, 0.4) is 0 Å². The van der Waals surface area contributed by atoms with Gasteiger partial charge in [-0.25, -0.2) is 4.79 Å². The van der Waals surface area contributed by atoms with Gasteiger partial charge in [-0.1, -0.05) is 12.1 Å². The van der Waals surface area contributed by atoms with Gasteiger partial charge in [0.2, 0.25) is 0 Å². The molecular weight excluding hydrogens is 252 g/mol. The van der Waals surface area contributed by atoms with Crippen LogP contribution in [-0.2, 0) is 4.79 Å². The lowest BCUT2D eigenvalue weighted by Crippen LogP contribution is -2.01. The van der Waals surface area contributed by atoms with Gasteiger partial charge in [-0.3, -0.25) is 0 Å². The van der Waals surface area contributed by atoms with E-state index in [0.717, 1.165) is 16.9 Å². The molecule has 1 aromatic carbocycles. The lowest BCUT2D eigenvalue weighted by molar-refractivity contribution is -0.132. The highest BCUT2D eigenvalue weighted by Gasteiger charge is 2.07. The molecule has 1 N–H and O–H groups in total. The summed E-state index contributed by atoms with van der Waals surface area (Å²) in [4.78, 5) is 11.1. The molecule has 0 atom stereocenters. The Morgan fingerprint density at radius 2 is 2.22 bits per heavy atom. The predicted octanol–water partition coefficient (Wildman–Crippen LogP) is 3.49. The summed E-state index contributed by atoms with van der Waals surface area (Å²) in [6.07, 6.45) is 2.79. The highest BCUT2D eigenvalue weighted by Crippen LogP contribution is 2.21. The number of carboxylic acids is 1. The largest absolute Gasteiger partial charge is 0.496 e. The molecule has 3 nitrogen and oxygen atoms in total. The molecule has 1 aromatic rings. The lowest BCUT2D eigenvalue weighted by atomic mass is 10.1. The number of alkyl halides is 1. The Morgan fingerprint density at radius 3 is 2.78 bits per heavy atom. The Kier molecular flexibility index (Phi) is 5.72. The van der Waals surface area contributed by atoms with E-state index in [1.807, 2.05) is 25.1 Å². The third-order valence-electron chi connectivity index (χ3n) is 2.63. The summed E-state index contributed by atoms with van der Waals surface area (Å²) in [6, 6.07) is 5.62. The van der Waals surface area contributed by atoms with Crippen molar-refractivity contribution >= 4 is 23.6 Å². The van der Waals surface area contributed by atoms with E-state index in [-0.39, 0.29) is 0 Å². The maximum absolute atomic E-state index is 11.1. The predicted molar refractivity (Wildman–Crippen MR) is 73.3 cm³/mol. The second-order valence-corrected chi connectivity index (χ2v) is 4.37. The number of carboxylic acid groups (broad SMARTS) is 1. The Hall–Kier alpha value is -1.48. The van der Waals surface area contributed by atoms with E-state index in [1.54, 1.807) is 13.2 Å². The average molecular weight is 269 g/mol. The summed E-state index contributed by atoms with van der Waals surface area (Å²) in [5.74, 6) is 0.312. The van der Waals surface area contributed by atoms with Gasteiger partial charge in [0.15, 0.2) is 0 Å². The van der Waals surface area contributed by atoms with Crippen molar-refractivity contribution in [2.24, 2.45) is 0 Å². The fraction of sp³-hybridized carbons (Fsp3) is 0.357. The smallest absolute Gasteiger partial charge is 0.331 e. The molecule has 0 saturated heterocycles. The molecule has 0 spiro atoms. The highest BCUT2D eigenvalue weighted by molar-refractivity contribution is 6.17. The first-order chi connectivity index (χ1) is 8.58. The van der Waals surface area contributed by atoms with Crippen LogP contribution in [0.4, 0.5) is 0 Å². The number of halogens is 1. The molecule has 0 saturated carbocycles. The fourth-order valence-electron chi connectivity index (χ4n) is 1.63. The zero-order valence-electron chi connectivity index (χ0n) is 10.6. The number of rotatable bonds is 6. The van der Waals surface area contributed by atoms with E-state index in [2.05, 4.69) is 0 Å². The minimum absolute atomic E-state index is 0.363. The van der Waals surface area contributed by atoms with Crippen LogP contribution in [-0.4, -0.2) is 24.1 Å². The van der Waals surface area contributed by atoms with E-state index in [0.29, 0.717) is 24.3 Å². The van der Waals surface area contributed by atoms with Gasteiger partial charge in [-0.15, -0.1) is 11.6 Å². The van der Waals surface area contributed by atoms with Crippen molar-refractivity contribution in [3.63, 3.8) is 0 Å². The maximum Gasteiger partial charge on any atom is 0.331 e. The summed E-state index contributed by atoms with van der Waals surface area (Å²) in [6.45, 7) is 1.94. The van der Waals surface area contributed by atoms with Crippen LogP contribution in [0, 0.1) is 6.92 Å². The van der Waals surface area contributed by atoms with Crippen molar-refractivity contribution < 1.29 is 14.6 Å². The van der Waals surface area contributed by atoms with Gasteiger partial charge < -0.3 is 9.84 Å². The zero-order chi connectivity index (χ0) is 13.5. The first kappa shape index (κ1) is 14.6. The molecule has 0 aliphatic heterocycles. The zero-order valence-corrected chi connectivity index (χ0v) is 11.3. The third kappa shape index (κ3) is 4.08. The van der Waals surface area contributed by atoms with Gasteiger partial charge >= 0.3 is 5.97 Å². The summed E-state index contributed by atoms with van der Waals surface area (Å²) >= 11 is 5.58. The number of aliphatic carboxylic acids is 1. The van der Waals surface area contributed by atoms with E-state index >= 15 is 0 Å². The molecule has 0 heterocycles. The quantitative estimate of drug-likeness (QED) is 0.635. The normalized spacial score (nSPS) is 11.4. The average Bonchev–Trinajstić information content (AvgIpc) is 2.36. The highest BCUT2D eigenvalue weighted by atomic mass is 35.5. The molecule has 0 aliphatic rings. The fourth-order valence-corrected chi connectivity index (χ4v) is 1.76. The Morgan fingerprint density at radius 1 is 1.50 bits per heavy atom. The summed E-state index contributed by atoms with van der Waals surface area (Å²) in [5.41, 5.74) is 2.21. The number of carbonyl (C=O) groups is 1. The van der Waals surface area contributed by atoms with Crippen LogP contribution in [0.5, 0.6) is 5.75 Å². The van der Waals surface area contributed by atoms with Crippen molar-refractivity contribution in [2.45, 2.75) is 19.8 Å². The van der Waals surface area contributed by atoms with Crippen LogP contribution < -0.4 is 4.74 Å². The topological polar surface area (TPSA) is 46.5 Å². The van der Waals surface area contributed by atoms with Crippen LogP contribution in [0.15, 0.2) is 23.8 Å². The molecule has 0 radical (unpaired) electrons. The number of aryl methyl sites for hydroxylation is 1. The maximum atomic E-state index is 11.1. The minimum atomic E-state index is -0.903. The molecule has 0 fully saturated rings. The van der Waals surface area contributed by atoms with E-state index in [1.165, 1.54) is 0 Å². The summed E-state index contributed by atoms with van der Waals surface area (Å²) in [7, 11) is 1.60. The molecule has 0 aliphatic carbocycles. The van der Waals surface area contributed by atoms with Gasteiger partial charge in [0.05, 0.1) is 7.11 Å². The van der Waals surface area contributed by atoms with Crippen molar-refractivity contribution in [3.8, 4) is 5.75 Å². The molecule has 4 heteroatoms. The molecule has 0 bridgehead atoms. The van der Waals surface area contributed by atoms with Crippen molar-refractivity contribution in [1.82, 2.24) is 0 Å². The van der Waals surface area contributed by atoms with Crippen molar-refractivity contribution in [3.05, 3.63) is 34.9 Å². The molecule has 0 aromatic heterocycles. The second kappa shape index (κ2) is 7.07. The van der Waals surface area contributed by atoms with Gasteiger partial charge in [0, 0.05) is 11.5 Å². The van der Waals surface area contributed by atoms with Crippen LogP contribution >= 0.6 is 11.6 Å². The van der Waals surface area contributed by atoms with Gasteiger partial charge in [-0.2, -0.15) is 0 Å². The van der Waals surface area contributed by atoms with E-state index < -0.39 is 5.97 Å². The standard InChI is InChI=1S/C14H17ClO3/c1-10-5-6-11(9-13(10)18-2)8-12(14(16)17)4-3-7-15/h5-6,8-9H,3-4,7H2,1-2H3,(H,16,17)/b12-8+. The molecule has 0 unspecified atom stereocenters. The second-order valence-electron chi connectivity index (χ2n) is 4.00. The number of benzene rings is 1. The van der Waals surface area contributed by atoms with Crippen molar-refractivity contribution in [2.75, 3.05) is 13.0 Å². The first-order valence-electron chi connectivity index (χ1n) is 5.73. The van der Waals surface area contributed by atoms with Gasteiger partial charge in [0.25, 0.3) is 0 Å². The molecular formula is C14H17ClO3. The molecule has 98 valence electrons.